The zero-order valence-electron chi connectivity index (χ0n) is 46.2. The molecule has 0 aliphatic heterocycles. The minimum atomic E-state index is -0.831. The van der Waals surface area contributed by atoms with Crippen molar-refractivity contribution in [2.24, 2.45) is 0 Å². The first kappa shape index (κ1) is 67.1. The van der Waals surface area contributed by atoms with E-state index in [-0.39, 0.29) is 44.0 Å². The van der Waals surface area contributed by atoms with Crippen LogP contribution in [0.5, 0.6) is 0 Å². The van der Waals surface area contributed by atoms with Crippen LogP contribution in [0.2, 0.25) is 0 Å². The van der Waals surface area contributed by atoms with Gasteiger partial charge in [0.1, 0.15) is 13.2 Å². The van der Waals surface area contributed by atoms with Crippen LogP contribution < -0.4 is 0 Å². The van der Waals surface area contributed by atoms with Gasteiger partial charge in [-0.05, 0) is 116 Å². The smallest absolute Gasteiger partial charge is 0.306 e. The molecule has 0 aromatic carbocycles. The van der Waals surface area contributed by atoms with Gasteiger partial charge in [0.2, 0.25) is 0 Å². The third-order valence-electron chi connectivity index (χ3n) is 12.2. The maximum Gasteiger partial charge on any atom is 0.306 e. The van der Waals surface area contributed by atoms with E-state index in [2.05, 4.69) is 130 Å². The average Bonchev–Trinajstić information content (AvgIpc) is 3.37. The Hall–Kier alpha value is -3.93. The molecule has 71 heavy (non-hydrogen) atoms. The van der Waals surface area contributed by atoms with Gasteiger partial charge in [0.25, 0.3) is 0 Å². The Morgan fingerprint density at radius 3 is 0.930 bits per heavy atom. The second kappa shape index (κ2) is 58.6. The molecule has 0 aliphatic carbocycles. The SMILES string of the molecule is CC/C=C\C/C=C\C/C=C\C/C=C\C/C=C\CCCC(=O)O[C@@H](COC(=O)CCC/C=C\C/C=C\C/C=C\CCCCCCCC)COC(=O)CCCCCCCCCCC/C=C\CCCCCCCC. The summed E-state index contributed by atoms with van der Waals surface area (Å²) in [6.45, 7) is 6.43. The van der Waals surface area contributed by atoms with Crippen molar-refractivity contribution in [2.75, 3.05) is 13.2 Å². The molecule has 0 unspecified atom stereocenters. The number of hydrogen-bond donors (Lipinski definition) is 0. The Morgan fingerprint density at radius 2 is 0.563 bits per heavy atom. The molecule has 0 amide bonds. The molecule has 0 saturated heterocycles. The second-order valence-electron chi connectivity index (χ2n) is 19.2. The first-order chi connectivity index (χ1) is 35.0. The van der Waals surface area contributed by atoms with Crippen LogP contribution in [-0.4, -0.2) is 37.2 Å². The highest BCUT2D eigenvalue weighted by atomic mass is 16.6. The van der Waals surface area contributed by atoms with Gasteiger partial charge in [0, 0.05) is 19.3 Å². The summed E-state index contributed by atoms with van der Waals surface area (Å²) in [5.41, 5.74) is 0. The Bertz CT molecular complexity index is 1460. The molecule has 6 heteroatoms. The Kier molecular flexibility index (Phi) is 55.4. The fourth-order valence-corrected chi connectivity index (χ4v) is 7.84. The van der Waals surface area contributed by atoms with Gasteiger partial charge in [-0.15, -0.1) is 0 Å². The van der Waals surface area contributed by atoms with Gasteiger partial charge < -0.3 is 14.2 Å². The minimum Gasteiger partial charge on any atom is -0.462 e. The highest BCUT2D eigenvalue weighted by molar-refractivity contribution is 5.71. The monoisotopic (exact) mass is 985 g/mol. The van der Waals surface area contributed by atoms with Crippen molar-refractivity contribution in [3.63, 3.8) is 0 Å². The molecule has 0 aliphatic rings. The summed E-state index contributed by atoms with van der Waals surface area (Å²) in [4.78, 5) is 38.2. The van der Waals surface area contributed by atoms with Gasteiger partial charge in [-0.1, -0.05) is 239 Å². The molecule has 1 atom stereocenters. The van der Waals surface area contributed by atoms with E-state index in [1.807, 2.05) is 0 Å². The van der Waals surface area contributed by atoms with Gasteiger partial charge >= 0.3 is 17.9 Å². The first-order valence-electron chi connectivity index (χ1n) is 29.4. The van der Waals surface area contributed by atoms with Crippen LogP contribution in [-0.2, 0) is 28.6 Å². The van der Waals surface area contributed by atoms with Gasteiger partial charge in [-0.2, -0.15) is 0 Å². The third-order valence-corrected chi connectivity index (χ3v) is 12.2. The third kappa shape index (κ3) is 56.9. The van der Waals surface area contributed by atoms with Crippen LogP contribution in [0.15, 0.2) is 109 Å². The molecule has 0 bridgehead atoms. The lowest BCUT2D eigenvalue weighted by atomic mass is 10.1. The molecule has 0 aromatic rings. The normalized spacial score (nSPS) is 12.9. The van der Waals surface area contributed by atoms with Gasteiger partial charge in [0.15, 0.2) is 6.10 Å². The number of esters is 3. The summed E-state index contributed by atoms with van der Waals surface area (Å²) in [5.74, 6) is -1.03. The predicted molar refractivity (Wildman–Crippen MR) is 307 cm³/mol. The molecule has 0 radical (unpaired) electrons. The predicted octanol–water partition coefficient (Wildman–Crippen LogP) is 19.9. The molecule has 0 N–H and O–H groups in total. The van der Waals surface area contributed by atoms with Crippen molar-refractivity contribution in [3.05, 3.63) is 109 Å². The summed E-state index contributed by atoms with van der Waals surface area (Å²) < 4.78 is 16.8. The van der Waals surface area contributed by atoms with E-state index in [1.54, 1.807) is 0 Å². The van der Waals surface area contributed by atoms with Crippen LogP contribution >= 0.6 is 0 Å². The molecular formula is C65H108O6. The summed E-state index contributed by atoms with van der Waals surface area (Å²) in [6, 6.07) is 0. The molecule has 0 heterocycles. The molecule has 0 aromatic heterocycles. The largest absolute Gasteiger partial charge is 0.462 e. The Balaban J connectivity index is 4.54. The molecule has 6 nitrogen and oxygen atoms in total. The van der Waals surface area contributed by atoms with Crippen molar-refractivity contribution in [1.29, 1.82) is 0 Å². The van der Waals surface area contributed by atoms with Crippen LogP contribution in [0.25, 0.3) is 0 Å². The summed E-state index contributed by atoms with van der Waals surface area (Å²) in [6.07, 6.45) is 79.5. The standard InChI is InChI=1S/C65H108O6/c1-4-7-10-13-16-19-22-25-28-31-32-35-37-40-43-46-49-52-55-58-64(67)70-61-62(71-65(68)59-56-53-50-47-44-41-38-34-30-27-24-21-18-15-12-9-6-3)60-69-63(66)57-54-51-48-45-42-39-36-33-29-26-23-20-17-14-11-8-5-2/h9,12,18,21,25-30,36,38-39,41,45,47-48,50,62H,4-8,10-11,13-17,19-20,22-24,31-35,37,40,42-44,46,49,51-61H2,1-3H3/b12-9-,21-18-,28-25-,29-26-,30-27-,39-36-,41-38-,48-45-,50-47-/t62-/m0/s1. The number of rotatable bonds is 52. The van der Waals surface area contributed by atoms with Crippen molar-refractivity contribution in [2.45, 2.75) is 271 Å². The van der Waals surface area contributed by atoms with E-state index in [4.69, 9.17) is 14.2 Å². The molecule has 0 fully saturated rings. The zero-order valence-corrected chi connectivity index (χ0v) is 46.2. The molecule has 0 saturated carbocycles. The van der Waals surface area contributed by atoms with E-state index >= 15 is 0 Å². The van der Waals surface area contributed by atoms with E-state index in [1.165, 1.54) is 135 Å². The number of carbonyl (C=O) groups is 3. The van der Waals surface area contributed by atoms with E-state index in [0.29, 0.717) is 19.3 Å². The van der Waals surface area contributed by atoms with E-state index < -0.39 is 6.10 Å². The minimum absolute atomic E-state index is 0.118. The summed E-state index contributed by atoms with van der Waals surface area (Å²) in [5, 5.41) is 0. The maximum absolute atomic E-state index is 12.8. The zero-order chi connectivity index (χ0) is 51.4. The quantitative estimate of drug-likeness (QED) is 0.0261. The number of ether oxygens (including phenoxy) is 3. The van der Waals surface area contributed by atoms with Gasteiger partial charge in [-0.3, -0.25) is 14.4 Å². The maximum atomic E-state index is 12.8. The Labute approximate surface area is 438 Å². The fraction of sp³-hybridized carbons (Fsp3) is 0.677. The topological polar surface area (TPSA) is 78.9 Å². The van der Waals surface area contributed by atoms with Crippen LogP contribution in [0.4, 0.5) is 0 Å². The number of unbranched alkanes of at least 4 members (excludes halogenated alkanes) is 23. The lowest BCUT2D eigenvalue weighted by Gasteiger charge is -2.18. The van der Waals surface area contributed by atoms with Crippen LogP contribution in [0, 0.1) is 0 Å². The molecular weight excluding hydrogens is 877 g/mol. The Morgan fingerprint density at radius 1 is 0.296 bits per heavy atom. The van der Waals surface area contributed by atoms with Crippen molar-refractivity contribution in [3.8, 4) is 0 Å². The summed E-state index contributed by atoms with van der Waals surface area (Å²) >= 11 is 0. The van der Waals surface area contributed by atoms with Crippen LogP contribution in [0.3, 0.4) is 0 Å². The highest BCUT2D eigenvalue weighted by Crippen LogP contribution is 2.14. The van der Waals surface area contributed by atoms with Crippen molar-refractivity contribution < 1.29 is 28.6 Å². The fourth-order valence-electron chi connectivity index (χ4n) is 7.84. The first-order valence-corrected chi connectivity index (χ1v) is 29.4. The van der Waals surface area contributed by atoms with E-state index in [9.17, 15) is 14.4 Å². The molecule has 0 rings (SSSR count). The van der Waals surface area contributed by atoms with Gasteiger partial charge in [0.05, 0.1) is 0 Å². The number of carbonyl (C=O) groups excluding carboxylic acids is 3. The lowest BCUT2D eigenvalue weighted by molar-refractivity contribution is -0.167. The van der Waals surface area contributed by atoms with E-state index in [0.717, 1.165) is 77.0 Å². The number of allylic oxidation sites excluding steroid dienone is 18. The lowest BCUT2D eigenvalue weighted by Crippen LogP contribution is -2.30. The average molecular weight is 986 g/mol. The highest BCUT2D eigenvalue weighted by Gasteiger charge is 2.19. The van der Waals surface area contributed by atoms with Crippen molar-refractivity contribution >= 4 is 17.9 Å². The second-order valence-corrected chi connectivity index (χ2v) is 19.2. The van der Waals surface area contributed by atoms with Crippen LogP contribution in [0.1, 0.15) is 265 Å². The van der Waals surface area contributed by atoms with Crippen molar-refractivity contribution in [1.82, 2.24) is 0 Å². The molecule has 0 spiro atoms. The molecule has 404 valence electrons. The number of hydrogen-bond acceptors (Lipinski definition) is 6. The van der Waals surface area contributed by atoms with Gasteiger partial charge in [-0.25, -0.2) is 0 Å². The summed E-state index contributed by atoms with van der Waals surface area (Å²) in [7, 11) is 0.